The summed E-state index contributed by atoms with van der Waals surface area (Å²) >= 11 is 2.90. The van der Waals surface area contributed by atoms with E-state index >= 15 is 0 Å². The van der Waals surface area contributed by atoms with Crippen molar-refractivity contribution in [1.29, 1.82) is 0 Å². The number of primary amides is 1. The van der Waals surface area contributed by atoms with E-state index < -0.39 is 0 Å². The molecule has 112 valence electrons. The Hall–Kier alpha value is -1.80. The number of carbonyl (C=O) groups excluding carboxylic acids is 1. The van der Waals surface area contributed by atoms with E-state index in [4.69, 9.17) is 10.5 Å². The minimum atomic E-state index is -0.309. The van der Waals surface area contributed by atoms with Crippen LogP contribution < -0.4 is 15.8 Å². The zero-order chi connectivity index (χ0) is 15.1. The average Bonchev–Trinajstić information content (AvgIpc) is 2.88. The Morgan fingerprint density at radius 2 is 2.24 bits per heavy atom. The Morgan fingerprint density at radius 3 is 3.00 bits per heavy atom. The Balaban J connectivity index is 1.97. The number of aromatic nitrogens is 2. The third kappa shape index (κ3) is 4.91. The zero-order valence-electron chi connectivity index (χ0n) is 11.5. The predicted octanol–water partition coefficient (Wildman–Crippen LogP) is 2.65. The predicted molar refractivity (Wildman–Crippen MR) is 85.3 cm³/mol. The number of nitrogens with zero attached hydrogens (tertiary/aromatic N) is 2. The van der Waals surface area contributed by atoms with E-state index in [0.717, 1.165) is 15.8 Å². The van der Waals surface area contributed by atoms with E-state index in [-0.39, 0.29) is 5.91 Å². The summed E-state index contributed by atoms with van der Waals surface area (Å²) in [4.78, 5) is 10.7. The van der Waals surface area contributed by atoms with Crippen molar-refractivity contribution < 1.29 is 9.53 Å². The molecular formula is C13H16N4O2S2. The highest BCUT2D eigenvalue weighted by molar-refractivity contribution is 8.01. The van der Waals surface area contributed by atoms with Crippen molar-refractivity contribution in [3.8, 4) is 5.75 Å². The first-order valence-electron chi connectivity index (χ1n) is 6.42. The van der Waals surface area contributed by atoms with Gasteiger partial charge in [0, 0.05) is 12.2 Å². The van der Waals surface area contributed by atoms with Crippen LogP contribution >= 0.6 is 23.1 Å². The molecule has 0 atom stereocenters. The Labute approximate surface area is 131 Å². The first kappa shape index (κ1) is 15.6. The molecule has 0 aliphatic carbocycles. The minimum Gasteiger partial charge on any atom is -0.492 e. The van der Waals surface area contributed by atoms with Crippen molar-refractivity contribution in [2.24, 2.45) is 5.73 Å². The second kappa shape index (κ2) is 7.84. The van der Waals surface area contributed by atoms with Gasteiger partial charge in [0.2, 0.25) is 11.0 Å². The lowest BCUT2D eigenvalue weighted by Gasteiger charge is -2.09. The van der Waals surface area contributed by atoms with Gasteiger partial charge in [0.1, 0.15) is 5.75 Å². The maximum atomic E-state index is 10.7. The van der Waals surface area contributed by atoms with Gasteiger partial charge in [-0.15, -0.1) is 10.2 Å². The normalized spacial score (nSPS) is 10.3. The van der Waals surface area contributed by atoms with Crippen LogP contribution in [-0.4, -0.2) is 28.5 Å². The number of carbonyl (C=O) groups is 1. The van der Waals surface area contributed by atoms with Crippen LogP contribution in [0, 0.1) is 0 Å². The molecule has 6 nitrogen and oxygen atoms in total. The maximum Gasteiger partial charge on any atom is 0.218 e. The van der Waals surface area contributed by atoms with Crippen molar-refractivity contribution in [2.45, 2.75) is 17.7 Å². The average molecular weight is 324 g/mol. The second-order valence-corrected chi connectivity index (χ2v) is 6.31. The number of thioether (sulfide) groups is 1. The van der Waals surface area contributed by atoms with Gasteiger partial charge in [-0.2, -0.15) is 0 Å². The molecule has 1 aromatic heterocycles. The Bertz CT molecular complexity index is 603. The fourth-order valence-electron chi connectivity index (χ4n) is 1.52. The zero-order valence-corrected chi connectivity index (χ0v) is 13.2. The van der Waals surface area contributed by atoms with Gasteiger partial charge in [-0.25, -0.2) is 0 Å². The summed E-state index contributed by atoms with van der Waals surface area (Å²) in [6.45, 7) is 2.54. The number of ether oxygens (including phenoxy) is 1. The third-order valence-electron chi connectivity index (χ3n) is 2.41. The number of hydrogen-bond donors (Lipinski definition) is 2. The number of amides is 1. The molecule has 1 aromatic carbocycles. The number of hydrogen-bond acceptors (Lipinski definition) is 7. The fraction of sp³-hybridized carbons (Fsp3) is 0.308. The van der Waals surface area contributed by atoms with Crippen molar-refractivity contribution in [3.05, 3.63) is 24.3 Å². The number of nitrogens with one attached hydrogen (secondary N) is 1. The van der Waals surface area contributed by atoms with Gasteiger partial charge in [-0.3, -0.25) is 4.79 Å². The van der Waals surface area contributed by atoms with Crippen LogP contribution in [0.5, 0.6) is 5.75 Å². The molecule has 3 N–H and O–H groups in total. The summed E-state index contributed by atoms with van der Waals surface area (Å²) in [5.74, 6) is 1.08. The molecule has 1 heterocycles. The standard InChI is InChI=1S/C13H16N4O2S2/c1-2-19-10-6-4-3-5-9(10)15-12-16-17-13(21-12)20-8-7-11(14)18/h3-6H,2,7-8H2,1H3,(H2,14,18)(H,15,16). The van der Waals surface area contributed by atoms with Gasteiger partial charge in [0.15, 0.2) is 4.34 Å². The first-order valence-corrected chi connectivity index (χ1v) is 8.22. The highest BCUT2D eigenvalue weighted by Crippen LogP contribution is 2.31. The molecule has 0 bridgehead atoms. The largest absolute Gasteiger partial charge is 0.492 e. The lowest BCUT2D eigenvalue weighted by Crippen LogP contribution is -2.10. The Morgan fingerprint density at radius 1 is 1.43 bits per heavy atom. The van der Waals surface area contributed by atoms with Gasteiger partial charge in [-0.05, 0) is 19.1 Å². The molecule has 0 aliphatic rings. The minimum absolute atomic E-state index is 0.309. The van der Waals surface area contributed by atoms with Gasteiger partial charge >= 0.3 is 0 Å². The Kier molecular flexibility index (Phi) is 5.82. The van der Waals surface area contributed by atoms with E-state index in [9.17, 15) is 4.79 Å². The summed E-state index contributed by atoms with van der Waals surface area (Å²) in [6, 6.07) is 7.66. The number of benzene rings is 1. The molecule has 0 spiro atoms. The van der Waals surface area contributed by atoms with Gasteiger partial charge in [-0.1, -0.05) is 35.2 Å². The molecule has 1 amide bonds. The lowest BCUT2D eigenvalue weighted by molar-refractivity contribution is -0.117. The van der Waals surface area contributed by atoms with E-state index in [0.29, 0.717) is 23.9 Å². The molecule has 0 saturated carbocycles. The molecule has 0 saturated heterocycles. The molecule has 0 aliphatic heterocycles. The summed E-state index contributed by atoms with van der Waals surface area (Å²) in [7, 11) is 0. The molecule has 0 radical (unpaired) electrons. The molecule has 0 unspecified atom stereocenters. The maximum absolute atomic E-state index is 10.7. The van der Waals surface area contributed by atoms with Gasteiger partial charge < -0.3 is 15.8 Å². The van der Waals surface area contributed by atoms with Crippen LogP contribution in [0.15, 0.2) is 28.6 Å². The monoisotopic (exact) mass is 324 g/mol. The molecule has 8 heteroatoms. The number of anilines is 2. The van der Waals surface area contributed by atoms with Crippen LogP contribution in [0.25, 0.3) is 0 Å². The van der Waals surface area contributed by atoms with Crippen LogP contribution in [-0.2, 0) is 4.79 Å². The summed E-state index contributed by atoms with van der Waals surface area (Å²) in [5, 5.41) is 12.0. The first-order chi connectivity index (χ1) is 10.2. The number of rotatable bonds is 8. The van der Waals surface area contributed by atoms with Crippen molar-refractivity contribution in [1.82, 2.24) is 10.2 Å². The molecule has 21 heavy (non-hydrogen) atoms. The van der Waals surface area contributed by atoms with Crippen molar-refractivity contribution >= 4 is 39.8 Å². The highest BCUT2D eigenvalue weighted by atomic mass is 32.2. The smallest absolute Gasteiger partial charge is 0.218 e. The van der Waals surface area contributed by atoms with Crippen LogP contribution in [0.4, 0.5) is 10.8 Å². The molecule has 2 aromatic rings. The topological polar surface area (TPSA) is 90.1 Å². The van der Waals surface area contributed by atoms with E-state index in [1.165, 1.54) is 23.1 Å². The molecule has 2 rings (SSSR count). The summed E-state index contributed by atoms with van der Waals surface area (Å²) < 4.78 is 6.34. The van der Waals surface area contributed by atoms with E-state index in [1.54, 1.807) is 0 Å². The fourth-order valence-corrected chi connectivity index (χ4v) is 3.31. The van der Waals surface area contributed by atoms with Crippen LogP contribution in [0.2, 0.25) is 0 Å². The molecular weight excluding hydrogens is 308 g/mol. The highest BCUT2D eigenvalue weighted by Gasteiger charge is 2.08. The SMILES string of the molecule is CCOc1ccccc1Nc1nnc(SCCC(N)=O)s1. The van der Waals surface area contributed by atoms with Gasteiger partial charge in [0.25, 0.3) is 0 Å². The van der Waals surface area contributed by atoms with Gasteiger partial charge in [0.05, 0.1) is 12.3 Å². The molecule has 0 fully saturated rings. The second-order valence-electron chi connectivity index (χ2n) is 3.99. The van der Waals surface area contributed by atoms with Crippen molar-refractivity contribution in [3.63, 3.8) is 0 Å². The number of nitrogens with two attached hydrogens (primary N) is 1. The van der Waals surface area contributed by atoms with E-state index in [2.05, 4.69) is 15.5 Å². The summed E-state index contributed by atoms with van der Waals surface area (Å²) in [6.07, 6.45) is 0.334. The lowest BCUT2D eigenvalue weighted by atomic mass is 10.3. The summed E-state index contributed by atoms with van der Waals surface area (Å²) in [5.41, 5.74) is 5.95. The van der Waals surface area contributed by atoms with Crippen molar-refractivity contribution in [2.75, 3.05) is 17.7 Å². The number of para-hydroxylation sites is 2. The quantitative estimate of drug-likeness (QED) is 0.726. The third-order valence-corrected chi connectivity index (χ3v) is 4.38. The van der Waals surface area contributed by atoms with E-state index in [1.807, 2.05) is 31.2 Å². The van der Waals surface area contributed by atoms with Crippen LogP contribution in [0.3, 0.4) is 0 Å². The van der Waals surface area contributed by atoms with Crippen LogP contribution in [0.1, 0.15) is 13.3 Å².